The fourth-order valence-corrected chi connectivity index (χ4v) is 1.86. The van der Waals surface area contributed by atoms with Gasteiger partial charge >= 0.3 is 0 Å². The van der Waals surface area contributed by atoms with Crippen molar-refractivity contribution in [3.8, 4) is 0 Å². The van der Waals surface area contributed by atoms with Gasteiger partial charge in [0, 0.05) is 28.9 Å². The van der Waals surface area contributed by atoms with Crippen molar-refractivity contribution in [2.24, 2.45) is 5.92 Å². The fraction of sp³-hybridized carbons (Fsp3) is 0.900. The van der Waals surface area contributed by atoms with Crippen LogP contribution in [0.5, 0.6) is 0 Å². The van der Waals surface area contributed by atoms with Gasteiger partial charge in [-0.3, -0.25) is 9.00 Å². The van der Waals surface area contributed by atoms with Gasteiger partial charge in [-0.2, -0.15) is 0 Å². The molecule has 0 heterocycles. The second kappa shape index (κ2) is 7.39. The molecule has 0 aromatic rings. The van der Waals surface area contributed by atoms with E-state index in [9.17, 15) is 9.00 Å². The molecule has 5 heteroatoms. The average Bonchev–Trinajstić information content (AvgIpc) is 2.13. The highest BCUT2D eigenvalue weighted by atomic mass is 79.9. The lowest BCUT2D eigenvalue weighted by molar-refractivity contribution is -0.121. The van der Waals surface area contributed by atoms with Gasteiger partial charge in [0.05, 0.1) is 4.83 Å². The largest absolute Gasteiger partial charge is 0.353 e. The van der Waals surface area contributed by atoms with Gasteiger partial charge in [-0.05, 0) is 19.3 Å². The summed E-state index contributed by atoms with van der Waals surface area (Å²) in [6.07, 6.45) is 2.43. The van der Waals surface area contributed by atoms with Gasteiger partial charge in [-0.15, -0.1) is 0 Å². The minimum Gasteiger partial charge on any atom is -0.353 e. The molecule has 0 aliphatic heterocycles. The Balaban J connectivity index is 3.90. The second-order valence-electron chi connectivity index (χ2n) is 4.12. The maximum atomic E-state index is 11.6. The lowest BCUT2D eigenvalue weighted by atomic mass is 10.1. The molecule has 15 heavy (non-hydrogen) atoms. The highest BCUT2D eigenvalue weighted by Crippen LogP contribution is 2.12. The molecule has 90 valence electrons. The molecule has 0 saturated heterocycles. The Kier molecular flexibility index (Phi) is 7.44. The molecule has 0 rings (SSSR count). The van der Waals surface area contributed by atoms with E-state index in [1.54, 1.807) is 6.26 Å². The quantitative estimate of drug-likeness (QED) is 0.758. The van der Waals surface area contributed by atoms with E-state index >= 15 is 0 Å². The zero-order valence-corrected chi connectivity index (χ0v) is 12.2. The Bertz CT molecular complexity index is 233. The van der Waals surface area contributed by atoms with E-state index in [-0.39, 0.29) is 22.7 Å². The van der Waals surface area contributed by atoms with E-state index in [4.69, 9.17) is 0 Å². The Morgan fingerprint density at radius 3 is 2.33 bits per heavy atom. The van der Waals surface area contributed by atoms with Crippen molar-refractivity contribution < 1.29 is 9.00 Å². The summed E-state index contributed by atoms with van der Waals surface area (Å²) in [6.45, 7) is 5.92. The van der Waals surface area contributed by atoms with Crippen molar-refractivity contribution in [2.45, 2.75) is 38.1 Å². The highest BCUT2D eigenvalue weighted by Gasteiger charge is 2.19. The summed E-state index contributed by atoms with van der Waals surface area (Å²) in [6, 6.07) is 0.0835. The predicted octanol–water partition coefficient (Wildman–Crippen LogP) is 1.68. The molecule has 0 aliphatic rings. The third kappa shape index (κ3) is 7.06. The first-order chi connectivity index (χ1) is 6.84. The maximum Gasteiger partial charge on any atom is 0.234 e. The first kappa shape index (κ1) is 15.1. The normalized spacial score (nSPS) is 17.2. The molecule has 0 fully saturated rings. The summed E-state index contributed by atoms with van der Waals surface area (Å²) in [5.41, 5.74) is 0. The Morgan fingerprint density at radius 1 is 1.40 bits per heavy atom. The summed E-state index contributed by atoms with van der Waals surface area (Å²) >= 11 is 3.34. The molecular formula is C10H20BrNO2S. The molecule has 3 atom stereocenters. The SMILES string of the molecule is CC(CCS(C)=O)NC(=O)C(Br)C(C)C. The third-order valence-electron chi connectivity index (χ3n) is 2.06. The van der Waals surface area contributed by atoms with E-state index in [0.717, 1.165) is 6.42 Å². The Hall–Kier alpha value is 0.1000. The van der Waals surface area contributed by atoms with Crippen LogP contribution in [-0.2, 0) is 15.6 Å². The van der Waals surface area contributed by atoms with Crippen LogP contribution in [0, 0.1) is 5.92 Å². The minimum absolute atomic E-state index is 0.0133. The molecule has 0 radical (unpaired) electrons. The van der Waals surface area contributed by atoms with Crippen LogP contribution in [0.15, 0.2) is 0 Å². The Labute approximate surface area is 103 Å². The van der Waals surface area contributed by atoms with Crippen LogP contribution in [0.3, 0.4) is 0 Å². The zero-order valence-electron chi connectivity index (χ0n) is 9.75. The van der Waals surface area contributed by atoms with Crippen LogP contribution in [0.2, 0.25) is 0 Å². The highest BCUT2D eigenvalue weighted by molar-refractivity contribution is 9.10. The summed E-state index contributed by atoms with van der Waals surface area (Å²) in [7, 11) is -0.783. The molecule has 0 saturated carbocycles. The van der Waals surface area contributed by atoms with Crippen LogP contribution < -0.4 is 5.32 Å². The van der Waals surface area contributed by atoms with Gasteiger partial charge in [-0.1, -0.05) is 29.8 Å². The van der Waals surface area contributed by atoms with E-state index in [1.165, 1.54) is 0 Å². The standard InChI is InChI=1S/C10H20BrNO2S/c1-7(2)9(11)10(13)12-8(3)5-6-15(4)14/h7-9H,5-6H2,1-4H3,(H,12,13). The van der Waals surface area contributed by atoms with E-state index in [0.29, 0.717) is 5.75 Å². The molecule has 0 aromatic heterocycles. The monoisotopic (exact) mass is 297 g/mol. The third-order valence-corrected chi connectivity index (χ3v) is 4.35. The van der Waals surface area contributed by atoms with Gasteiger partial charge in [0.2, 0.25) is 5.91 Å². The molecule has 3 unspecified atom stereocenters. The lowest BCUT2D eigenvalue weighted by Crippen LogP contribution is -2.40. The number of nitrogens with one attached hydrogen (secondary N) is 1. The number of carbonyl (C=O) groups is 1. The molecular weight excluding hydrogens is 278 g/mol. The van der Waals surface area contributed by atoms with Crippen LogP contribution in [-0.4, -0.2) is 33.0 Å². The smallest absolute Gasteiger partial charge is 0.234 e. The van der Waals surface area contributed by atoms with Crippen molar-refractivity contribution in [1.82, 2.24) is 5.32 Å². The first-order valence-corrected chi connectivity index (χ1v) is 7.73. The van der Waals surface area contributed by atoms with Crippen molar-refractivity contribution >= 4 is 32.6 Å². The molecule has 1 amide bonds. The van der Waals surface area contributed by atoms with Gasteiger partial charge in [0.25, 0.3) is 0 Å². The summed E-state index contributed by atoms with van der Waals surface area (Å²) in [4.78, 5) is 11.5. The number of alkyl halides is 1. The summed E-state index contributed by atoms with van der Waals surface area (Å²) in [5, 5.41) is 2.90. The number of halogens is 1. The van der Waals surface area contributed by atoms with Crippen molar-refractivity contribution in [3.63, 3.8) is 0 Å². The van der Waals surface area contributed by atoms with Crippen molar-refractivity contribution in [1.29, 1.82) is 0 Å². The van der Waals surface area contributed by atoms with E-state index in [2.05, 4.69) is 21.2 Å². The number of rotatable bonds is 6. The zero-order chi connectivity index (χ0) is 12.0. The summed E-state index contributed by atoms with van der Waals surface area (Å²) < 4.78 is 10.9. The molecule has 0 bridgehead atoms. The van der Waals surface area contributed by atoms with Crippen LogP contribution in [0.25, 0.3) is 0 Å². The molecule has 0 aromatic carbocycles. The minimum atomic E-state index is -0.783. The molecule has 1 N–H and O–H groups in total. The van der Waals surface area contributed by atoms with Gasteiger partial charge in [0.1, 0.15) is 0 Å². The molecule has 0 aliphatic carbocycles. The number of hydrogen-bond donors (Lipinski definition) is 1. The average molecular weight is 298 g/mol. The lowest BCUT2D eigenvalue weighted by Gasteiger charge is -2.18. The maximum absolute atomic E-state index is 11.6. The molecule has 0 spiro atoms. The van der Waals surface area contributed by atoms with Gasteiger partial charge in [0.15, 0.2) is 0 Å². The summed E-state index contributed by atoms with van der Waals surface area (Å²) in [5.74, 6) is 0.924. The van der Waals surface area contributed by atoms with Crippen LogP contribution >= 0.6 is 15.9 Å². The van der Waals surface area contributed by atoms with E-state index < -0.39 is 10.8 Å². The number of amides is 1. The topological polar surface area (TPSA) is 46.2 Å². The fourth-order valence-electron chi connectivity index (χ4n) is 1.04. The van der Waals surface area contributed by atoms with Crippen LogP contribution in [0.4, 0.5) is 0 Å². The second-order valence-corrected chi connectivity index (χ2v) is 6.66. The van der Waals surface area contributed by atoms with Gasteiger partial charge < -0.3 is 5.32 Å². The van der Waals surface area contributed by atoms with Crippen LogP contribution in [0.1, 0.15) is 27.2 Å². The first-order valence-electron chi connectivity index (χ1n) is 5.09. The number of hydrogen-bond acceptors (Lipinski definition) is 2. The molecule has 3 nitrogen and oxygen atoms in total. The predicted molar refractivity (Wildman–Crippen MR) is 68.7 cm³/mol. The number of carbonyl (C=O) groups excluding carboxylic acids is 1. The van der Waals surface area contributed by atoms with E-state index in [1.807, 2.05) is 20.8 Å². The Morgan fingerprint density at radius 2 is 1.93 bits per heavy atom. The van der Waals surface area contributed by atoms with Crippen molar-refractivity contribution in [3.05, 3.63) is 0 Å². The van der Waals surface area contributed by atoms with Gasteiger partial charge in [-0.25, -0.2) is 0 Å². The van der Waals surface area contributed by atoms with Crippen molar-refractivity contribution in [2.75, 3.05) is 12.0 Å².